The highest BCUT2D eigenvalue weighted by atomic mass is 32.2. The number of benzene rings is 1. The predicted molar refractivity (Wildman–Crippen MR) is 65.9 cm³/mol. The summed E-state index contributed by atoms with van der Waals surface area (Å²) < 4.78 is 4.74. The van der Waals surface area contributed by atoms with Crippen LogP contribution in [0.3, 0.4) is 0 Å². The van der Waals surface area contributed by atoms with Gasteiger partial charge in [0.25, 0.3) is 0 Å². The third-order valence-electron chi connectivity index (χ3n) is 2.26. The van der Waals surface area contributed by atoms with E-state index in [1.54, 1.807) is 30.2 Å². The number of nitrogens with one attached hydrogen (secondary N) is 1. The van der Waals surface area contributed by atoms with Crippen molar-refractivity contribution in [2.75, 3.05) is 7.11 Å². The fraction of sp³-hybridized carbons (Fsp3) is 0.167. The van der Waals surface area contributed by atoms with Crippen LogP contribution in [0.15, 0.2) is 41.8 Å². The quantitative estimate of drug-likeness (QED) is 0.667. The number of esters is 1. The van der Waals surface area contributed by atoms with Crippen LogP contribution in [-0.4, -0.2) is 23.0 Å². The van der Waals surface area contributed by atoms with E-state index in [1.807, 2.05) is 18.2 Å². The molecule has 0 spiro atoms. The molecule has 1 N–H and O–H groups in total. The molecule has 0 amide bonds. The average Bonchev–Trinajstić information content (AvgIpc) is 2.89. The number of carbonyl (C=O) groups is 1. The van der Waals surface area contributed by atoms with E-state index < -0.39 is 0 Å². The van der Waals surface area contributed by atoms with Gasteiger partial charge in [0.15, 0.2) is 5.16 Å². The molecular weight excluding hydrogens is 236 g/mol. The van der Waals surface area contributed by atoms with Crippen LogP contribution in [-0.2, 0) is 10.5 Å². The number of aromatic nitrogens is 2. The van der Waals surface area contributed by atoms with Gasteiger partial charge in [-0.15, -0.1) is 0 Å². The van der Waals surface area contributed by atoms with Crippen LogP contribution in [0.2, 0.25) is 0 Å². The van der Waals surface area contributed by atoms with Crippen molar-refractivity contribution in [2.45, 2.75) is 10.9 Å². The number of methoxy groups -OCH3 is 1. The number of hydrogen-bond donors (Lipinski definition) is 1. The number of thioether (sulfide) groups is 1. The Balaban J connectivity index is 2.12. The Hall–Kier alpha value is -1.75. The van der Waals surface area contributed by atoms with Crippen molar-refractivity contribution in [3.05, 3.63) is 47.8 Å². The fourth-order valence-corrected chi connectivity index (χ4v) is 2.26. The molecule has 1 heterocycles. The number of H-pyrrole nitrogens is 1. The first-order chi connectivity index (χ1) is 8.31. The Morgan fingerprint density at radius 3 is 3.00 bits per heavy atom. The van der Waals surface area contributed by atoms with E-state index in [4.69, 9.17) is 4.74 Å². The first-order valence-corrected chi connectivity index (χ1v) is 6.08. The lowest BCUT2D eigenvalue weighted by Gasteiger charge is -2.06. The predicted octanol–water partition coefficient (Wildman–Crippen LogP) is 2.49. The van der Waals surface area contributed by atoms with Crippen molar-refractivity contribution in [1.82, 2.24) is 9.97 Å². The maximum atomic E-state index is 11.5. The van der Waals surface area contributed by atoms with Gasteiger partial charge in [0.1, 0.15) is 0 Å². The molecule has 1 aromatic heterocycles. The normalized spacial score (nSPS) is 10.2. The minimum atomic E-state index is -0.305. The lowest BCUT2D eigenvalue weighted by Crippen LogP contribution is -2.04. The number of imidazole rings is 1. The van der Waals surface area contributed by atoms with Gasteiger partial charge < -0.3 is 9.72 Å². The van der Waals surface area contributed by atoms with Gasteiger partial charge in [-0.05, 0) is 11.6 Å². The maximum Gasteiger partial charge on any atom is 0.338 e. The van der Waals surface area contributed by atoms with E-state index in [2.05, 4.69) is 9.97 Å². The molecule has 0 radical (unpaired) electrons. The fourth-order valence-electron chi connectivity index (χ4n) is 1.43. The largest absolute Gasteiger partial charge is 0.465 e. The summed E-state index contributed by atoms with van der Waals surface area (Å²) >= 11 is 1.55. The topological polar surface area (TPSA) is 55.0 Å². The highest BCUT2D eigenvalue weighted by Crippen LogP contribution is 2.21. The third kappa shape index (κ3) is 2.88. The van der Waals surface area contributed by atoms with Crippen LogP contribution >= 0.6 is 11.8 Å². The Bertz CT molecular complexity index is 497. The molecule has 0 saturated heterocycles. The Kier molecular flexibility index (Phi) is 3.82. The third-order valence-corrected chi connectivity index (χ3v) is 3.21. The summed E-state index contributed by atoms with van der Waals surface area (Å²) in [4.78, 5) is 18.7. The summed E-state index contributed by atoms with van der Waals surface area (Å²) in [5, 5.41) is 0.838. The van der Waals surface area contributed by atoms with E-state index in [1.165, 1.54) is 7.11 Å². The van der Waals surface area contributed by atoms with Crippen molar-refractivity contribution < 1.29 is 9.53 Å². The van der Waals surface area contributed by atoms with Crippen LogP contribution < -0.4 is 0 Å². The van der Waals surface area contributed by atoms with Gasteiger partial charge in [-0.25, -0.2) is 9.78 Å². The van der Waals surface area contributed by atoms with Gasteiger partial charge in [0.2, 0.25) is 0 Å². The SMILES string of the molecule is COC(=O)c1ccccc1CSc1ncc[nH]1. The summed E-state index contributed by atoms with van der Waals surface area (Å²) in [5.74, 6) is 0.374. The van der Waals surface area contributed by atoms with Crippen LogP contribution in [0.4, 0.5) is 0 Å². The summed E-state index contributed by atoms with van der Waals surface area (Å²) in [7, 11) is 1.39. The molecule has 0 fully saturated rings. The van der Waals surface area contributed by atoms with E-state index in [0.717, 1.165) is 10.7 Å². The average molecular weight is 248 g/mol. The van der Waals surface area contributed by atoms with Crippen LogP contribution in [0.25, 0.3) is 0 Å². The number of aromatic amines is 1. The second-order valence-electron chi connectivity index (χ2n) is 3.33. The number of carbonyl (C=O) groups excluding carboxylic acids is 1. The lowest BCUT2D eigenvalue weighted by molar-refractivity contribution is 0.0600. The standard InChI is InChI=1S/C12H12N2O2S/c1-16-11(15)10-5-3-2-4-9(10)8-17-12-13-6-7-14-12/h2-7H,8H2,1H3,(H,13,14). The number of ether oxygens (including phenoxy) is 1. The zero-order valence-electron chi connectivity index (χ0n) is 9.34. The monoisotopic (exact) mass is 248 g/mol. The molecule has 17 heavy (non-hydrogen) atoms. The molecule has 2 rings (SSSR count). The molecule has 0 saturated carbocycles. The highest BCUT2D eigenvalue weighted by Gasteiger charge is 2.11. The molecule has 5 heteroatoms. The van der Waals surface area contributed by atoms with Crippen molar-refractivity contribution in [2.24, 2.45) is 0 Å². The lowest BCUT2D eigenvalue weighted by atomic mass is 10.1. The molecule has 0 aliphatic rings. The molecular formula is C12H12N2O2S. The molecule has 1 aromatic carbocycles. The summed E-state index contributed by atoms with van der Waals surface area (Å²) in [5.41, 5.74) is 1.55. The minimum absolute atomic E-state index is 0.305. The van der Waals surface area contributed by atoms with E-state index in [0.29, 0.717) is 11.3 Å². The molecule has 0 atom stereocenters. The zero-order valence-corrected chi connectivity index (χ0v) is 10.2. The van der Waals surface area contributed by atoms with Crippen LogP contribution in [0.5, 0.6) is 0 Å². The van der Waals surface area contributed by atoms with Gasteiger partial charge >= 0.3 is 5.97 Å². The zero-order chi connectivity index (χ0) is 12.1. The van der Waals surface area contributed by atoms with E-state index >= 15 is 0 Å². The summed E-state index contributed by atoms with van der Waals surface area (Å²) in [6, 6.07) is 7.42. The van der Waals surface area contributed by atoms with Gasteiger partial charge in [0, 0.05) is 18.1 Å². The Morgan fingerprint density at radius 1 is 1.47 bits per heavy atom. The first kappa shape index (κ1) is 11.7. The summed E-state index contributed by atoms with van der Waals surface area (Å²) in [6.07, 6.45) is 3.48. The number of hydrogen-bond acceptors (Lipinski definition) is 4. The van der Waals surface area contributed by atoms with Crippen molar-refractivity contribution >= 4 is 17.7 Å². The second kappa shape index (κ2) is 5.54. The van der Waals surface area contributed by atoms with Gasteiger partial charge in [-0.3, -0.25) is 0 Å². The van der Waals surface area contributed by atoms with E-state index in [-0.39, 0.29) is 5.97 Å². The number of nitrogens with zero attached hydrogens (tertiary/aromatic N) is 1. The molecule has 2 aromatic rings. The molecule has 88 valence electrons. The number of rotatable bonds is 4. The maximum absolute atomic E-state index is 11.5. The second-order valence-corrected chi connectivity index (χ2v) is 4.30. The van der Waals surface area contributed by atoms with Gasteiger partial charge in [-0.1, -0.05) is 30.0 Å². The summed E-state index contributed by atoms with van der Waals surface area (Å²) in [6.45, 7) is 0. The first-order valence-electron chi connectivity index (χ1n) is 5.09. The smallest absolute Gasteiger partial charge is 0.338 e. The van der Waals surface area contributed by atoms with Gasteiger partial charge in [0.05, 0.1) is 12.7 Å². The van der Waals surface area contributed by atoms with Gasteiger partial charge in [-0.2, -0.15) is 0 Å². The molecule has 0 bridgehead atoms. The minimum Gasteiger partial charge on any atom is -0.465 e. The van der Waals surface area contributed by atoms with Crippen LogP contribution in [0.1, 0.15) is 15.9 Å². The van der Waals surface area contributed by atoms with Crippen molar-refractivity contribution in [3.8, 4) is 0 Å². The molecule has 0 aliphatic carbocycles. The molecule has 0 aliphatic heterocycles. The van der Waals surface area contributed by atoms with E-state index in [9.17, 15) is 4.79 Å². The van der Waals surface area contributed by atoms with Crippen molar-refractivity contribution in [3.63, 3.8) is 0 Å². The molecule has 4 nitrogen and oxygen atoms in total. The highest BCUT2D eigenvalue weighted by molar-refractivity contribution is 7.98. The van der Waals surface area contributed by atoms with Crippen molar-refractivity contribution in [1.29, 1.82) is 0 Å². The molecule has 0 unspecified atom stereocenters. The Morgan fingerprint density at radius 2 is 2.29 bits per heavy atom. The Labute approximate surface area is 103 Å². The van der Waals surface area contributed by atoms with Crippen LogP contribution in [0, 0.1) is 0 Å².